The lowest BCUT2D eigenvalue weighted by atomic mass is 10.1. The van der Waals surface area contributed by atoms with Crippen molar-refractivity contribution in [2.24, 2.45) is 0 Å². The van der Waals surface area contributed by atoms with Gasteiger partial charge in [-0.25, -0.2) is 4.68 Å². The molecule has 0 saturated heterocycles. The Morgan fingerprint density at radius 3 is 2.21 bits per heavy atom. The summed E-state index contributed by atoms with van der Waals surface area (Å²) < 4.78 is 1.50. The van der Waals surface area contributed by atoms with E-state index in [1.165, 1.54) is 4.68 Å². The van der Waals surface area contributed by atoms with E-state index in [0.717, 1.165) is 11.3 Å². The molecule has 0 spiro atoms. The van der Waals surface area contributed by atoms with Crippen molar-refractivity contribution >= 4 is 17.5 Å². The number of para-hydroxylation sites is 1. The normalized spacial score (nSPS) is 10.8. The summed E-state index contributed by atoms with van der Waals surface area (Å²) in [6.45, 7) is 0. The van der Waals surface area contributed by atoms with Crippen LogP contribution in [0.1, 0.15) is 16.8 Å². The molecule has 0 amide bonds. The SMILES string of the molecule is N#C/C(=C\c1nn(-c2ccccc2)c(N)c1C#N)c1ccccc1. The lowest BCUT2D eigenvalue weighted by Gasteiger charge is -2.02. The zero-order valence-corrected chi connectivity index (χ0v) is 12.7. The van der Waals surface area contributed by atoms with E-state index in [0.29, 0.717) is 11.3 Å². The third-order valence-electron chi connectivity index (χ3n) is 3.55. The topological polar surface area (TPSA) is 91.4 Å². The van der Waals surface area contributed by atoms with Gasteiger partial charge < -0.3 is 5.73 Å². The Morgan fingerprint density at radius 1 is 1.00 bits per heavy atom. The number of nitrogens with zero attached hydrogens (tertiary/aromatic N) is 4. The van der Waals surface area contributed by atoms with Crippen LogP contribution in [0, 0.1) is 22.7 Å². The van der Waals surface area contributed by atoms with Crippen LogP contribution in [0.15, 0.2) is 60.7 Å². The highest BCUT2D eigenvalue weighted by molar-refractivity contribution is 5.90. The highest BCUT2D eigenvalue weighted by Crippen LogP contribution is 2.24. The molecule has 0 fully saturated rings. The average molecular weight is 311 g/mol. The number of allylic oxidation sites excluding steroid dienone is 1. The molecule has 1 heterocycles. The molecule has 3 aromatic rings. The van der Waals surface area contributed by atoms with Gasteiger partial charge in [0.15, 0.2) is 0 Å². The molecule has 0 aliphatic heterocycles. The van der Waals surface area contributed by atoms with Crippen LogP contribution in [-0.2, 0) is 0 Å². The molecular weight excluding hydrogens is 298 g/mol. The quantitative estimate of drug-likeness (QED) is 0.750. The maximum atomic E-state index is 9.43. The largest absolute Gasteiger partial charge is 0.382 e. The van der Waals surface area contributed by atoms with Crippen LogP contribution in [0.25, 0.3) is 17.3 Å². The van der Waals surface area contributed by atoms with Gasteiger partial charge in [-0.3, -0.25) is 0 Å². The van der Waals surface area contributed by atoms with Gasteiger partial charge in [-0.1, -0.05) is 48.5 Å². The minimum atomic E-state index is 0.250. The van der Waals surface area contributed by atoms with Crippen LogP contribution >= 0.6 is 0 Å². The molecule has 5 heteroatoms. The molecule has 2 N–H and O–H groups in total. The lowest BCUT2D eigenvalue weighted by molar-refractivity contribution is 0.886. The summed E-state index contributed by atoms with van der Waals surface area (Å²) in [6, 6.07) is 22.8. The molecule has 5 nitrogen and oxygen atoms in total. The summed E-state index contributed by atoms with van der Waals surface area (Å²) in [5.41, 5.74) is 8.63. The maximum Gasteiger partial charge on any atom is 0.145 e. The second-order valence-corrected chi connectivity index (χ2v) is 5.04. The number of aromatic nitrogens is 2. The fourth-order valence-corrected chi connectivity index (χ4v) is 2.36. The highest BCUT2D eigenvalue weighted by Gasteiger charge is 2.16. The van der Waals surface area contributed by atoms with Crippen molar-refractivity contribution in [3.63, 3.8) is 0 Å². The van der Waals surface area contributed by atoms with Crippen LogP contribution in [0.4, 0.5) is 5.82 Å². The Balaban J connectivity index is 2.14. The smallest absolute Gasteiger partial charge is 0.145 e. The van der Waals surface area contributed by atoms with Gasteiger partial charge in [-0.15, -0.1) is 0 Å². The second kappa shape index (κ2) is 6.51. The maximum absolute atomic E-state index is 9.43. The van der Waals surface area contributed by atoms with Crippen molar-refractivity contribution in [1.82, 2.24) is 9.78 Å². The Bertz CT molecular complexity index is 970. The first-order chi connectivity index (χ1) is 11.7. The second-order valence-electron chi connectivity index (χ2n) is 5.04. The Labute approximate surface area is 139 Å². The molecule has 24 heavy (non-hydrogen) atoms. The average Bonchev–Trinajstić information content (AvgIpc) is 2.96. The molecule has 114 valence electrons. The molecule has 0 aliphatic carbocycles. The van der Waals surface area contributed by atoms with Crippen LogP contribution in [0.3, 0.4) is 0 Å². The van der Waals surface area contributed by atoms with E-state index in [1.54, 1.807) is 6.08 Å². The van der Waals surface area contributed by atoms with E-state index in [4.69, 9.17) is 5.73 Å². The summed E-state index contributed by atoms with van der Waals surface area (Å²) in [4.78, 5) is 0. The van der Waals surface area contributed by atoms with Crippen molar-refractivity contribution in [2.75, 3.05) is 5.73 Å². The third kappa shape index (κ3) is 2.75. The van der Waals surface area contributed by atoms with E-state index in [2.05, 4.69) is 17.2 Å². The van der Waals surface area contributed by atoms with E-state index < -0.39 is 0 Å². The van der Waals surface area contributed by atoms with E-state index in [1.807, 2.05) is 60.7 Å². The summed E-state index contributed by atoms with van der Waals surface area (Å²) in [6.07, 6.45) is 1.59. The van der Waals surface area contributed by atoms with Crippen LogP contribution in [0.2, 0.25) is 0 Å². The molecule has 1 aromatic heterocycles. The van der Waals surface area contributed by atoms with Crippen molar-refractivity contribution in [3.8, 4) is 17.8 Å². The number of nitriles is 2. The van der Waals surface area contributed by atoms with Gasteiger partial charge in [0.1, 0.15) is 23.1 Å². The predicted molar refractivity (Wildman–Crippen MR) is 92.6 cm³/mol. The third-order valence-corrected chi connectivity index (χ3v) is 3.55. The van der Waals surface area contributed by atoms with Gasteiger partial charge in [0, 0.05) is 0 Å². The summed E-state index contributed by atoms with van der Waals surface area (Å²) >= 11 is 0. The fraction of sp³-hybridized carbons (Fsp3) is 0. The van der Waals surface area contributed by atoms with Crippen molar-refractivity contribution in [3.05, 3.63) is 77.5 Å². The monoisotopic (exact) mass is 311 g/mol. The Morgan fingerprint density at radius 2 is 1.62 bits per heavy atom. The lowest BCUT2D eigenvalue weighted by Crippen LogP contribution is -2.01. The van der Waals surface area contributed by atoms with E-state index in [-0.39, 0.29) is 11.4 Å². The van der Waals surface area contributed by atoms with Gasteiger partial charge >= 0.3 is 0 Å². The van der Waals surface area contributed by atoms with Crippen LogP contribution < -0.4 is 5.73 Å². The fourth-order valence-electron chi connectivity index (χ4n) is 2.36. The van der Waals surface area contributed by atoms with Crippen LogP contribution in [-0.4, -0.2) is 9.78 Å². The molecule has 0 atom stereocenters. The van der Waals surface area contributed by atoms with E-state index in [9.17, 15) is 10.5 Å². The number of anilines is 1. The van der Waals surface area contributed by atoms with Crippen LogP contribution in [0.5, 0.6) is 0 Å². The standard InChI is InChI=1S/C19H13N5/c20-12-15(14-7-3-1-4-8-14)11-18-17(13-21)19(22)24(23-18)16-9-5-2-6-10-16/h1-11H,22H2/b15-11+. The van der Waals surface area contributed by atoms with E-state index >= 15 is 0 Å². The predicted octanol–water partition coefficient (Wildman–Crippen LogP) is 3.39. The Hall–Kier alpha value is -3.83. The van der Waals surface area contributed by atoms with Gasteiger partial charge in [0.25, 0.3) is 0 Å². The summed E-state index contributed by atoms with van der Waals surface area (Å²) in [5.74, 6) is 0.250. The zero-order chi connectivity index (χ0) is 16.9. The first-order valence-electron chi connectivity index (χ1n) is 7.26. The number of nitrogen functional groups attached to an aromatic ring is 1. The minimum absolute atomic E-state index is 0.250. The van der Waals surface area contributed by atoms with Crippen molar-refractivity contribution in [1.29, 1.82) is 10.5 Å². The number of nitrogens with two attached hydrogens (primary N) is 1. The minimum Gasteiger partial charge on any atom is -0.382 e. The zero-order valence-electron chi connectivity index (χ0n) is 12.7. The number of rotatable bonds is 3. The molecule has 0 aliphatic rings. The van der Waals surface area contributed by atoms with Gasteiger partial charge in [0.2, 0.25) is 0 Å². The molecule has 0 saturated carbocycles. The van der Waals surface area contributed by atoms with Gasteiger partial charge in [-0.05, 0) is 23.8 Å². The first-order valence-corrected chi connectivity index (χ1v) is 7.26. The first kappa shape index (κ1) is 15.1. The number of hydrogen-bond acceptors (Lipinski definition) is 4. The number of hydrogen-bond donors (Lipinski definition) is 1. The van der Waals surface area contributed by atoms with Gasteiger partial charge in [0.05, 0.1) is 17.3 Å². The Kier molecular flexibility index (Phi) is 4.09. The number of benzene rings is 2. The molecule has 0 unspecified atom stereocenters. The molecule has 3 rings (SSSR count). The highest BCUT2D eigenvalue weighted by atomic mass is 15.3. The summed E-state index contributed by atoms with van der Waals surface area (Å²) in [7, 11) is 0. The van der Waals surface area contributed by atoms with Crippen molar-refractivity contribution in [2.45, 2.75) is 0 Å². The molecular formula is C19H13N5. The molecule has 0 bridgehead atoms. The summed E-state index contributed by atoms with van der Waals surface area (Å²) in [5, 5.41) is 23.3. The van der Waals surface area contributed by atoms with Crippen molar-refractivity contribution < 1.29 is 0 Å². The molecule has 0 radical (unpaired) electrons. The molecule has 2 aromatic carbocycles. The van der Waals surface area contributed by atoms with Gasteiger partial charge in [-0.2, -0.15) is 15.6 Å².